The first-order chi connectivity index (χ1) is 10.2. The molecule has 0 aromatic carbocycles. The second kappa shape index (κ2) is 5.71. The molecular weight excluding hydrogens is 270 g/mol. The van der Waals surface area contributed by atoms with Gasteiger partial charge in [-0.2, -0.15) is 5.10 Å². The molecule has 0 radical (unpaired) electrons. The van der Waals surface area contributed by atoms with Gasteiger partial charge in [-0.3, -0.25) is 16.1 Å². The number of nitrogens with one attached hydrogen (secondary N) is 3. The standard InChI is InChI=1S/C14H19N5O2/c15-14(18-21)11-8-16-19-6-2-5-12(19)13(11)17-9-3-1-4-10(20)7-9/h2,5-6,8-10,17,20-21H,1,3-4,7H2,(H2,15,18). The van der Waals surface area contributed by atoms with Crippen LogP contribution in [0.15, 0.2) is 24.5 Å². The molecule has 1 aliphatic carbocycles. The van der Waals surface area contributed by atoms with Crippen molar-refractivity contribution >= 4 is 17.0 Å². The minimum atomic E-state index is -0.278. The Balaban J connectivity index is 1.97. The van der Waals surface area contributed by atoms with Crippen LogP contribution in [0.5, 0.6) is 0 Å². The molecule has 7 nitrogen and oxygen atoms in total. The van der Waals surface area contributed by atoms with Crippen LogP contribution in [-0.2, 0) is 0 Å². The van der Waals surface area contributed by atoms with Gasteiger partial charge in [-0.1, -0.05) is 0 Å². The number of anilines is 1. The van der Waals surface area contributed by atoms with Crippen molar-refractivity contribution < 1.29 is 10.3 Å². The predicted molar refractivity (Wildman–Crippen MR) is 78.8 cm³/mol. The maximum absolute atomic E-state index is 9.80. The number of aliphatic hydroxyl groups excluding tert-OH is 1. The molecule has 0 bridgehead atoms. The van der Waals surface area contributed by atoms with E-state index in [1.54, 1.807) is 10.7 Å². The summed E-state index contributed by atoms with van der Waals surface area (Å²) < 4.78 is 1.72. The zero-order valence-electron chi connectivity index (χ0n) is 11.6. The number of fused-ring (bicyclic) bond motifs is 1. The average molecular weight is 289 g/mol. The van der Waals surface area contributed by atoms with E-state index in [0.717, 1.165) is 30.5 Å². The van der Waals surface area contributed by atoms with E-state index in [1.807, 2.05) is 23.8 Å². The Bertz CT molecular complexity index is 654. The SMILES string of the molecule is N=C(NO)c1cnn2cccc2c1NC1CCCC(O)C1. The smallest absolute Gasteiger partial charge is 0.153 e. The number of amidine groups is 1. The highest BCUT2D eigenvalue weighted by Gasteiger charge is 2.22. The fourth-order valence-electron chi connectivity index (χ4n) is 2.89. The van der Waals surface area contributed by atoms with Crippen molar-refractivity contribution in [1.82, 2.24) is 15.1 Å². The van der Waals surface area contributed by atoms with Gasteiger partial charge in [0.2, 0.25) is 0 Å². The first kappa shape index (κ1) is 13.8. The van der Waals surface area contributed by atoms with Gasteiger partial charge in [0.25, 0.3) is 0 Å². The molecule has 3 rings (SSSR count). The zero-order valence-corrected chi connectivity index (χ0v) is 11.6. The van der Waals surface area contributed by atoms with Crippen LogP contribution < -0.4 is 10.8 Å². The van der Waals surface area contributed by atoms with Crippen LogP contribution in [0.25, 0.3) is 5.52 Å². The van der Waals surface area contributed by atoms with Gasteiger partial charge >= 0.3 is 0 Å². The molecule has 0 spiro atoms. The summed E-state index contributed by atoms with van der Waals surface area (Å²) in [5.74, 6) is -0.106. The van der Waals surface area contributed by atoms with E-state index in [0.29, 0.717) is 12.0 Å². The maximum Gasteiger partial charge on any atom is 0.153 e. The van der Waals surface area contributed by atoms with Crippen molar-refractivity contribution in [3.8, 4) is 0 Å². The Hall–Kier alpha value is -2.12. The molecule has 1 aliphatic rings. The van der Waals surface area contributed by atoms with Crippen molar-refractivity contribution in [1.29, 1.82) is 5.41 Å². The minimum absolute atomic E-state index is 0.106. The maximum atomic E-state index is 9.80. The van der Waals surface area contributed by atoms with Crippen LogP contribution in [0.2, 0.25) is 0 Å². The third kappa shape index (κ3) is 2.70. The van der Waals surface area contributed by atoms with Crippen molar-refractivity contribution in [2.24, 2.45) is 0 Å². The van der Waals surface area contributed by atoms with Crippen LogP contribution in [0.1, 0.15) is 31.2 Å². The number of aromatic nitrogens is 2. The summed E-state index contributed by atoms with van der Waals surface area (Å²) in [5.41, 5.74) is 3.96. The second-order valence-electron chi connectivity index (χ2n) is 5.42. The molecule has 5 N–H and O–H groups in total. The Morgan fingerprint density at radius 1 is 1.43 bits per heavy atom. The lowest BCUT2D eigenvalue weighted by molar-refractivity contribution is 0.124. The lowest BCUT2D eigenvalue weighted by Gasteiger charge is -2.28. The van der Waals surface area contributed by atoms with Crippen molar-refractivity contribution in [3.05, 3.63) is 30.1 Å². The van der Waals surface area contributed by atoms with Gasteiger partial charge in [-0.15, -0.1) is 0 Å². The Morgan fingerprint density at radius 2 is 2.29 bits per heavy atom. The first-order valence-electron chi connectivity index (χ1n) is 7.09. The predicted octanol–water partition coefficient (Wildman–Crippen LogP) is 1.35. The van der Waals surface area contributed by atoms with Gasteiger partial charge in [-0.25, -0.2) is 4.52 Å². The summed E-state index contributed by atoms with van der Waals surface area (Å²) in [5, 5.41) is 34.2. The Kier molecular flexibility index (Phi) is 3.76. The summed E-state index contributed by atoms with van der Waals surface area (Å²) in [4.78, 5) is 0. The largest absolute Gasteiger partial charge is 0.393 e. The molecule has 21 heavy (non-hydrogen) atoms. The van der Waals surface area contributed by atoms with E-state index in [1.165, 1.54) is 0 Å². The quantitative estimate of drug-likeness (QED) is 0.333. The minimum Gasteiger partial charge on any atom is -0.393 e. The summed E-state index contributed by atoms with van der Waals surface area (Å²) in [6.07, 6.45) is 6.58. The van der Waals surface area contributed by atoms with Crippen molar-refractivity contribution in [2.75, 3.05) is 5.32 Å². The normalized spacial score (nSPS) is 22.2. The molecule has 2 atom stereocenters. The summed E-state index contributed by atoms with van der Waals surface area (Å²) >= 11 is 0. The topological polar surface area (TPSA) is 106 Å². The highest BCUT2D eigenvalue weighted by molar-refractivity contribution is 6.03. The number of nitrogens with zero attached hydrogens (tertiary/aromatic N) is 2. The monoisotopic (exact) mass is 289 g/mol. The van der Waals surface area contributed by atoms with Crippen LogP contribution in [0, 0.1) is 5.41 Å². The van der Waals surface area contributed by atoms with E-state index in [4.69, 9.17) is 10.6 Å². The second-order valence-corrected chi connectivity index (χ2v) is 5.42. The van der Waals surface area contributed by atoms with Gasteiger partial charge in [0, 0.05) is 12.2 Å². The van der Waals surface area contributed by atoms with E-state index in [9.17, 15) is 5.11 Å². The first-order valence-corrected chi connectivity index (χ1v) is 7.09. The summed E-state index contributed by atoms with van der Waals surface area (Å²) in [7, 11) is 0. The summed E-state index contributed by atoms with van der Waals surface area (Å²) in [6.45, 7) is 0. The van der Waals surface area contributed by atoms with E-state index in [-0.39, 0.29) is 18.0 Å². The molecular formula is C14H19N5O2. The number of hydroxylamine groups is 1. The zero-order chi connectivity index (χ0) is 14.8. The number of aliphatic hydroxyl groups is 1. The number of hydrogen-bond acceptors (Lipinski definition) is 5. The molecule has 112 valence electrons. The van der Waals surface area contributed by atoms with Crippen LogP contribution >= 0.6 is 0 Å². The fourth-order valence-corrected chi connectivity index (χ4v) is 2.89. The Labute approximate surface area is 122 Å². The highest BCUT2D eigenvalue weighted by Crippen LogP contribution is 2.27. The number of hydrogen-bond donors (Lipinski definition) is 5. The third-order valence-electron chi connectivity index (χ3n) is 3.94. The third-order valence-corrected chi connectivity index (χ3v) is 3.94. The lowest BCUT2D eigenvalue weighted by Crippen LogP contribution is -2.31. The summed E-state index contributed by atoms with van der Waals surface area (Å²) in [6, 6.07) is 3.94. The van der Waals surface area contributed by atoms with Gasteiger partial charge in [0.1, 0.15) is 0 Å². The van der Waals surface area contributed by atoms with Crippen molar-refractivity contribution in [3.63, 3.8) is 0 Å². The molecule has 7 heteroatoms. The fraction of sp³-hybridized carbons (Fsp3) is 0.429. The average Bonchev–Trinajstić information content (AvgIpc) is 2.96. The van der Waals surface area contributed by atoms with Crippen LogP contribution in [0.3, 0.4) is 0 Å². The van der Waals surface area contributed by atoms with E-state index >= 15 is 0 Å². The lowest BCUT2D eigenvalue weighted by atomic mass is 9.92. The van der Waals surface area contributed by atoms with Gasteiger partial charge in [-0.05, 0) is 37.8 Å². The van der Waals surface area contributed by atoms with Crippen LogP contribution in [-0.4, -0.2) is 37.9 Å². The van der Waals surface area contributed by atoms with Crippen LogP contribution in [0.4, 0.5) is 5.69 Å². The van der Waals surface area contributed by atoms with Gasteiger partial charge in [0.15, 0.2) is 5.84 Å². The molecule has 1 fully saturated rings. The van der Waals surface area contributed by atoms with Gasteiger partial charge < -0.3 is 10.4 Å². The molecule has 2 unspecified atom stereocenters. The van der Waals surface area contributed by atoms with E-state index in [2.05, 4.69) is 10.4 Å². The van der Waals surface area contributed by atoms with Gasteiger partial charge in [0.05, 0.1) is 29.1 Å². The molecule has 0 saturated heterocycles. The highest BCUT2D eigenvalue weighted by atomic mass is 16.5. The molecule has 2 aromatic heterocycles. The van der Waals surface area contributed by atoms with Crippen molar-refractivity contribution in [2.45, 2.75) is 37.8 Å². The molecule has 0 aliphatic heterocycles. The van der Waals surface area contributed by atoms with E-state index < -0.39 is 0 Å². The molecule has 2 heterocycles. The Morgan fingerprint density at radius 3 is 3.05 bits per heavy atom. The molecule has 1 saturated carbocycles. The molecule has 2 aromatic rings. The molecule has 0 amide bonds. The number of rotatable bonds is 3.